The van der Waals surface area contributed by atoms with Crippen molar-refractivity contribution in [3.05, 3.63) is 67.2 Å². The van der Waals surface area contributed by atoms with Crippen LogP contribution in [0, 0.1) is 6.92 Å². The topological polar surface area (TPSA) is 39.1 Å². The van der Waals surface area contributed by atoms with Crippen LogP contribution < -0.4 is 15.4 Å². The van der Waals surface area contributed by atoms with Crippen LogP contribution in [0.15, 0.2) is 44.9 Å². The summed E-state index contributed by atoms with van der Waals surface area (Å²) in [6, 6.07) is 9.68. The maximum atomic E-state index is 12.1. The summed E-state index contributed by atoms with van der Waals surface area (Å²) in [6.07, 6.45) is 1.14. The highest BCUT2D eigenvalue weighted by atomic mass is 35.5. The molecule has 0 aliphatic carbocycles. The zero-order valence-corrected chi connectivity index (χ0v) is 17.7. The number of hydrogen-bond donors (Lipinski definition) is 2. The zero-order chi connectivity index (χ0) is 19.4. The van der Waals surface area contributed by atoms with Crippen LogP contribution in [0.3, 0.4) is 0 Å². The first-order valence-corrected chi connectivity index (χ1v) is 10.6. The molecule has 1 atom stereocenters. The lowest BCUT2D eigenvalue weighted by atomic mass is 10.1. The maximum Gasteiger partial charge on any atom is 0.336 e. The molecule has 0 aliphatic rings. The number of nitrogens with one attached hydrogen (secondary N) is 2. The molecule has 0 amide bonds. The molecule has 1 aromatic carbocycles. The maximum absolute atomic E-state index is 12.1. The summed E-state index contributed by atoms with van der Waals surface area (Å²) < 4.78 is 5.41. The molecule has 0 radical (unpaired) electrons. The molecule has 2 heterocycles. The van der Waals surface area contributed by atoms with Gasteiger partial charge in [-0.25, -0.2) is 4.79 Å². The average Bonchev–Trinajstić information content (AvgIpc) is 3.09. The first-order chi connectivity index (χ1) is 12.9. The number of thiophene rings is 1. The van der Waals surface area contributed by atoms with Crippen molar-refractivity contribution in [3.8, 4) is 0 Å². The summed E-state index contributed by atoms with van der Waals surface area (Å²) in [4.78, 5) is 16.4. The van der Waals surface area contributed by atoms with E-state index in [1.54, 1.807) is 17.4 Å². The highest BCUT2D eigenvalue weighted by molar-refractivity contribution is 7.09. The molecular weight excluding hydrogens is 380 g/mol. The summed E-state index contributed by atoms with van der Waals surface area (Å²) in [6.45, 7) is 5.86. The molecule has 3 aromatic rings. The van der Waals surface area contributed by atoms with E-state index < -0.39 is 0 Å². The predicted molar refractivity (Wildman–Crippen MR) is 112 cm³/mol. The number of hydrogen-bond acceptors (Lipinski definition) is 3. The van der Waals surface area contributed by atoms with Crippen molar-refractivity contribution in [3.63, 3.8) is 0 Å². The summed E-state index contributed by atoms with van der Waals surface area (Å²) >= 11 is 8.13. The zero-order valence-electron chi connectivity index (χ0n) is 16.1. The minimum absolute atomic E-state index is 0.299. The van der Waals surface area contributed by atoms with Gasteiger partial charge in [-0.3, -0.25) is 0 Å². The Morgan fingerprint density at radius 2 is 1.96 bits per heavy atom. The van der Waals surface area contributed by atoms with E-state index in [-0.39, 0.29) is 5.63 Å². The van der Waals surface area contributed by atoms with Crippen molar-refractivity contribution in [1.82, 2.24) is 0 Å². The van der Waals surface area contributed by atoms with E-state index in [0.717, 1.165) is 49.1 Å². The molecule has 4 nitrogen and oxygen atoms in total. The lowest BCUT2D eigenvalue weighted by Crippen LogP contribution is -3.11. The highest BCUT2D eigenvalue weighted by Gasteiger charge is 2.16. The molecule has 0 aliphatic heterocycles. The van der Waals surface area contributed by atoms with Crippen molar-refractivity contribution in [2.45, 2.75) is 26.4 Å². The van der Waals surface area contributed by atoms with Gasteiger partial charge in [-0.15, -0.1) is 11.3 Å². The number of quaternary nitrogens is 2. The quantitative estimate of drug-likeness (QED) is 0.561. The number of benzene rings is 1. The lowest BCUT2D eigenvalue weighted by Gasteiger charge is -2.20. The van der Waals surface area contributed by atoms with Gasteiger partial charge in [0.05, 0.1) is 32.1 Å². The van der Waals surface area contributed by atoms with Crippen LogP contribution in [0.1, 0.15) is 22.4 Å². The molecule has 3 rings (SSSR count). The van der Waals surface area contributed by atoms with Crippen LogP contribution in [0.25, 0.3) is 11.0 Å². The molecule has 2 N–H and O–H groups in total. The van der Waals surface area contributed by atoms with Crippen LogP contribution in [0.2, 0.25) is 5.02 Å². The van der Waals surface area contributed by atoms with E-state index >= 15 is 0 Å². The SMILES string of the molecule is Cc1cc2oc(=O)cc(C[NH+](CCC[NH+](C)C)Cc3cccs3)c2cc1Cl. The van der Waals surface area contributed by atoms with Gasteiger partial charge in [-0.05, 0) is 36.1 Å². The Morgan fingerprint density at radius 1 is 1.15 bits per heavy atom. The first-order valence-electron chi connectivity index (χ1n) is 9.30. The van der Waals surface area contributed by atoms with Crippen LogP contribution in [0.4, 0.5) is 0 Å². The summed E-state index contributed by atoms with van der Waals surface area (Å²) in [5, 5.41) is 3.76. The molecule has 1 unspecified atom stereocenters. The second-order valence-corrected chi connectivity index (χ2v) is 8.87. The van der Waals surface area contributed by atoms with E-state index in [9.17, 15) is 4.79 Å². The Kier molecular flexibility index (Phi) is 6.71. The van der Waals surface area contributed by atoms with E-state index in [1.807, 2.05) is 19.1 Å². The third-order valence-electron chi connectivity index (χ3n) is 4.76. The number of rotatable bonds is 8. The predicted octanol–water partition coefficient (Wildman–Crippen LogP) is 1.94. The van der Waals surface area contributed by atoms with Crippen molar-refractivity contribution in [2.75, 3.05) is 27.2 Å². The van der Waals surface area contributed by atoms with Gasteiger partial charge in [-0.2, -0.15) is 0 Å². The van der Waals surface area contributed by atoms with Gasteiger partial charge in [-0.1, -0.05) is 17.7 Å². The third kappa shape index (κ3) is 5.42. The molecule has 2 aromatic heterocycles. The second-order valence-electron chi connectivity index (χ2n) is 7.43. The molecule has 0 bridgehead atoms. The van der Waals surface area contributed by atoms with E-state index in [4.69, 9.17) is 16.0 Å². The molecule has 144 valence electrons. The van der Waals surface area contributed by atoms with Gasteiger partial charge in [0, 0.05) is 28.5 Å². The van der Waals surface area contributed by atoms with E-state index in [2.05, 4.69) is 31.6 Å². The summed E-state index contributed by atoms with van der Waals surface area (Å²) in [5.41, 5.74) is 2.24. The molecule has 6 heteroatoms. The molecule has 0 spiro atoms. The van der Waals surface area contributed by atoms with Gasteiger partial charge in [0.25, 0.3) is 0 Å². The Labute approximate surface area is 169 Å². The number of aryl methyl sites for hydroxylation is 1. The van der Waals surface area contributed by atoms with Crippen LogP contribution in [-0.2, 0) is 13.1 Å². The standard InChI is InChI=1S/C21H25ClN2O2S/c1-15-10-20-18(12-19(15)22)16(11-21(25)26-20)13-24(8-5-7-23(2)3)14-17-6-4-9-27-17/h4,6,9-12H,5,7-8,13-14H2,1-3H3/p+2. The van der Waals surface area contributed by atoms with Crippen molar-refractivity contribution in [1.29, 1.82) is 0 Å². The Hall–Kier alpha value is -1.66. The average molecular weight is 407 g/mol. The monoisotopic (exact) mass is 406 g/mol. The minimum atomic E-state index is -0.299. The normalized spacial score (nSPS) is 12.8. The fraction of sp³-hybridized carbons (Fsp3) is 0.381. The Morgan fingerprint density at radius 3 is 2.67 bits per heavy atom. The van der Waals surface area contributed by atoms with Gasteiger partial charge >= 0.3 is 5.63 Å². The highest BCUT2D eigenvalue weighted by Crippen LogP contribution is 2.24. The van der Waals surface area contributed by atoms with Crippen LogP contribution in [-0.4, -0.2) is 27.2 Å². The fourth-order valence-corrected chi connectivity index (χ4v) is 4.29. The fourth-order valence-electron chi connectivity index (χ4n) is 3.35. The Balaban J connectivity index is 1.89. The summed E-state index contributed by atoms with van der Waals surface area (Å²) in [7, 11) is 4.36. The van der Waals surface area contributed by atoms with Gasteiger partial charge in [0.2, 0.25) is 0 Å². The van der Waals surface area contributed by atoms with Crippen molar-refractivity contribution >= 4 is 33.9 Å². The first kappa shape index (κ1) is 20.1. The molecule has 0 fully saturated rings. The molecule has 0 saturated carbocycles. The van der Waals surface area contributed by atoms with Crippen LogP contribution >= 0.6 is 22.9 Å². The van der Waals surface area contributed by atoms with Gasteiger partial charge in [0.1, 0.15) is 18.7 Å². The Bertz CT molecular complexity index is 951. The molecule has 27 heavy (non-hydrogen) atoms. The van der Waals surface area contributed by atoms with Gasteiger partial charge < -0.3 is 14.2 Å². The summed E-state index contributed by atoms with van der Waals surface area (Å²) in [5.74, 6) is 0. The third-order valence-corrected chi connectivity index (χ3v) is 6.04. The molecule has 0 saturated heterocycles. The van der Waals surface area contributed by atoms with E-state index in [0.29, 0.717) is 10.6 Å². The van der Waals surface area contributed by atoms with E-state index in [1.165, 1.54) is 14.7 Å². The smallest absolute Gasteiger partial charge is 0.336 e. The van der Waals surface area contributed by atoms with Crippen molar-refractivity contribution in [2.24, 2.45) is 0 Å². The second kappa shape index (κ2) is 9.02. The van der Waals surface area contributed by atoms with Crippen molar-refractivity contribution < 1.29 is 14.2 Å². The lowest BCUT2D eigenvalue weighted by molar-refractivity contribution is -0.932. The number of fused-ring (bicyclic) bond motifs is 1. The minimum Gasteiger partial charge on any atom is -0.423 e. The number of halogens is 1. The van der Waals surface area contributed by atoms with Crippen LogP contribution in [0.5, 0.6) is 0 Å². The largest absolute Gasteiger partial charge is 0.423 e. The van der Waals surface area contributed by atoms with Gasteiger partial charge in [0.15, 0.2) is 0 Å². The molecular formula is C21H27ClN2O2S+2.